The summed E-state index contributed by atoms with van der Waals surface area (Å²) in [4.78, 5) is 0. The highest BCUT2D eigenvalue weighted by Gasteiger charge is 2.22. The van der Waals surface area contributed by atoms with Gasteiger partial charge in [0, 0.05) is 12.0 Å². The molecule has 0 aromatic carbocycles. The van der Waals surface area contributed by atoms with Crippen molar-refractivity contribution in [1.29, 1.82) is 0 Å². The summed E-state index contributed by atoms with van der Waals surface area (Å²) in [6.45, 7) is 5.27. The molecule has 0 spiro atoms. The van der Waals surface area contributed by atoms with Crippen LogP contribution in [0.4, 0.5) is 0 Å². The van der Waals surface area contributed by atoms with Gasteiger partial charge in [-0.15, -0.1) is 0 Å². The molecule has 0 saturated carbocycles. The van der Waals surface area contributed by atoms with E-state index in [9.17, 15) is 0 Å². The third-order valence-electron chi connectivity index (χ3n) is 2.66. The van der Waals surface area contributed by atoms with Crippen LogP contribution in [0.2, 0.25) is 5.02 Å². The van der Waals surface area contributed by atoms with Crippen molar-refractivity contribution in [2.24, 2.45) is 0 Å². The molecule has 78 valence electrons. The van der Waals surface area contributed by atoms with E-state index in [1.807, 2.05) is 6.07 Å². The van der Waals surface area contributed by atoms with Crippen LogP contribution in [-0.2, 0) is 0 Å². The van der Waals surface area contributed by atoms with Crippen molar-refractivity contribution in [3.8, 4) is 0 Å². The molecule has 0 radical (unpaired) electrons. The molecule has 0 aliphatic carbocycles. The summed E-state index contributed by atoms with van der Waals surface area (Å²) >= 11 is 6.10. The zero-order chi connectivity index (χ0) is 10.1. The lowest BCUT2D eigenvalue weighted by Crippen LogP contribution is -2.11. The first kappa shape index (κ1) is 10.1. The lowest BCUT2D eigenvalue weighted by molar-refractivity contribution is 0.405. The minimum absolute atomic E-state index is 0.359. The van der Waals surface area contributed by atoms with Crippen molar-refractivity contribution in [2.45, 2.75) is 38.6 Å². The van der Waals surface area contributed by atoms with E-state index in [1.54, 1.807) is 0 Å². The van der Waals surface area contributed by atoms with Crippen molar-refractivity contribution >= 4 is 11.6 Å². The van der Waals surface area contributed by atoms with Gasteiger partial charge in [-0.05, 0) is 19.4 Å². The van der Waals surface area contributed by atoms with Crippen molar-refractivity contribution in [1.82, 2.24) is 5.32 Å². The van der Waals surface area contributed by atoms with Gasteiger partial charge >= 0.3 is 0 Å². The Hall–Kier alpha value is -0.470. The van der Waals surface area contributed by atoms with Gasteiger partial charge < -0.3 is 9.73 Å². The topological polar surface area (TPSA) is 25.2 Å². The molecule has 2 nitrogen and oxygen atoms in total. The lowest BCUT2D eigenvalue weighted by Gasteiger charge is -2.06. The minimum atomic E-state index is 0.359. The largest absolute Gasteiger partial charge is 0.463 e. The van der Waals surface area contributed by atoms with Crippen LogP contribution in [0.15, 0.2) is 10.5 Å². The molecule has 1 unspecified atom stereocenters. The van der Waals surface area contributed by atoms with Crippen LogP contribution in [0, 0.1) is 0 Å². The van der Waals surface area contributed by atoms with E-state index in [0.29, 0.717) is 12.0 Å². The molecular formula is C11H16ClNO. The van der Waals surface area contributed by atoms with Crippen molar-refractivity contribution in [3.05, 3.63) is 22.6 Å². The quantitative estimate of drug-likeness (QED) is 0.814. The fourth-order valence-corrected chi connectivity index (χ4v) is 2.26. The van der Waals surface area contributed by atoms with Gasteiger partial charge in [-0.3, -0.25) is 0 Å². The maximum Gasteiger partial charge on any atom is 0.125 e. The van der Waals surface area contributed by atoms with Gasteiger partial charge in [0.05, 0.1) is 11.1 Å². The van der Waals surface area contributed by atoms with Crippen LogP contribution in [0.25, 0.3) is 0 Å². The highest BCUT2D eigenvalue weighted by Crippen LogP contribution is 2.33. The molecule has 1 aromatic rings. The van der Waals surface area contributed by atoms with E-state index in [1.165, 1.54) is 6.42 Å². The Kier molecular flexibility index (Phi) is 2.84. The molecule has 1 aliphatic rings. The van der Waals surface area contributed by atoms with E-state index in [0.717, 1.165) is 29.5 Å². The third-order valence-corrected chi connectivity index (χ3v) is 2.96. The minimum Gasteiger partial charge on any atom is -0.463 e. The van der Waals surface area contributed by atoms with E-state index >= 15 is 0 Å². The standard InChI is InChI=1S/C11H16ClNO/c1-7(2)11-8(12)6-10(14-11)9-4-3-5-13-9/h6-7,9,13H,3-5H2,1-2H3. The number of halogens is 1. The molecule has 1 fully saturated rings. The fraction of sp³-hybridized carbons (Fsp3) is 0.636. The number of hydrogen-bond acceptors (Lipinski definition) is 2. The van der Waals surface area contributed by atoms with Crippen LogP contribution in [-0.4, -0.2) is 6.54 Å². The summed E-state index contributed by atoms with van der Waals surface area (Å²) in [6.07, 6.45) is 2.38. The van der Waals surface area contributed by atoms with Crippen LogP contribution in [0.1, 0.15) is 50.2 Å². The summed E-state index contributed by atoms with van der Waals surface area (Å²) in [5, 5.41) is 4.17. The fourth-order valence-electron chi connectivity index (χ4n) is 1.89. The second-order valence-electron chi connectivity index (χ2n) is 4.16. The Morgan fingerprint density at radius 2 is 2.36 bits per heavy atom. The van der Waals surface area contributed by atoms with Crippen LogP contribution in [0.5, 0.6) is 0 Å². The monoisotopic (exact) mass is 213 g/mol. The van der Waals surface area contributed by atoms with Crippen LogP contribution < -0.4 is 5.32 Å². The predicted molar refractivity (Wildman–Crippen MR) is 57.8 cm³/mol. The lowest BCUT2D eigenvalue weighted by atomic mass is 10.1. The molecule has 3 heteroatoms. The first-order valence-electron chi connectivity index (χ1n) is 5.21. The molecular weight excluding hydrogens is 198 g/mol. The average Bonchev–Trinajstić information content (AvgIpc) is 2.70. The molecule has 1 aromatic heterocycles. The molecule has 0 bridgehead atoms. The van der Waals surface area contributed by atoms with Crippen molar-refractivity contribution in [3.63, 3.8) is 0 Å². The highest BCUT2D eigenvalue weighted by molar-refractivity contribution is 6.31. The van der Waals surface area contributed by atoms with E-state index in [4.69, 9.17) is 16.0 Å². The average molecular weight is 214 g/mol. The number of furan rings is 1. The SMILES string of the molecule is CC(C)c1oc(C2CCCN2)cc1Cl. The number of nitrogens with one attached hydrogen (secondary N) is 1. The first-order valence-corrected chi connectivity index (χ1v) is 5.59. The molecule has 2 heterocycles. The van der Waals surface area contributed by atoms with Crippen molar-refractivity contribution < 1.29 is 4.42 Å². The van der Waals surface area contributed by atoms with Crippen LogP contribution >= 0.6 is 11.6 Å². The molecule has 2 rings (SSSR count). The zero-order valence-corrected chi connectivity index (χ0v) is 9.40. The van der Waals surface area contributed by atoms with Crippen molar-refractivity contribution in [2.75, 3.05) is 6.54 Å². The second kappa shape index (κ2) is 3.95. The number of hydrogen-bond donors (Lipinski definition) is 1. The summed E-state index contributed by atoms with van der Waals surface area (Å²) < 4.78 is 5.77. The van der Waals surface area contributed by atoms with Gasteiger partial charge in [-0.25, -0.2) is 0 Å². The first-order chi connectivity index (χ1) is 6.68. The summed E-state index contributed by atoms with van der Waals surface area (Å²) in [6, 6.07) is 2.33. The Balaban J connectivity index is 2.22. The summed E-state index contributed by atoms with van der Waals surface area (Å²) in [5.41, 5.74) is 0. The van der Waals surface area contributed by atoms with Gasteiger partial charge in [0.1, 0.15) is 11.5 Å². The molecule has 1 N–H and O–H groups in total. The van der Waals surface area contributed by atoms with Gasteiger partial charge in [0.2, 0.25) is 0 Å². The Labute approximate surface area is 89.6 Å². The van der Waals surface area contributed by atoms with Gasteiger partial charge in [-0.2, -0.15) is 0 Å². The third kappa shape index (κ3) is 1.82. The van der Waals surface area contributed by atoms with Gasteiger partial charge in [-0.1, -0.05) is 25.4 Å². The molecule has 1 aliphatic heterocycles. The second-order valence-corrected chi connectivity index (χ2v) is 4.57. The van der Waals surface area contributed by atoms with Crippen LogP contribution in [0.3, 0.4) is 0 Å². The predicted octanol–water partition coefficient (Wildman–Crippen LogP) is 3.48. The maximum atomic E-state index is 6.10. The maximum absolute atomic E-state index is 6.10. The molecule has 1 atom stereocenters. The Morgan fingerprint density at radius 3 is 2.86 bits per heavy atom. The summed E-state index contributed by atoms with van der Waals surface area (Å²) in [7, 11) is 0. The number of rotatable bonds is 2. The van der Waals surface area contributed by atoms with E-state index in [2.05, 4.69) is 19.2 Å². The Morgan fingerprint density at radius 1 is 1.57 bits per heavy atom. The van der Waals surface area contributed by atoms with Gasteiger partial charge in [0.25, 0.3) is 0 Å². The molecule has 14 heavy (non-hydrogen) atoms. The van der Waals surface area contributed by atoms with E-state index in [-0.39, 0.29) is 0 Å². The molecule has 0 amide bonds. The van der Waals surface area contributed by atoms with Gasteiger partial charge in [0.15, 0.2) is 0 Å². The Bertz CT molecular complexity index is 313. The van der Waals surface area contributed by atoms with E-state index < -0.39 is 0 Å². The summed E-state index contributed by atoms with van der Waals surface area (Å²) in [5.74, 6) is 2.27. The highest BCUT2D eigenvalue weighted by atomic mass is 35.5. The smallest absolute Gasteiger partial charge is 0.125 e. The molecule has 1 saturated heterocycles. The normalized spacial score (nSPS) is 22.1. The zero-order valence-electron chi connectivity index (χ0n) is 8.64.